The van der Waals surface area contributed by atoms with Crippen LogP contribution in [0.1, 0.15) is 40.2 Å². The van der Waals surface area contributed by atoms with Crippen molar-refractivity contribution in [1.82, 2.24) is 0 Å². The maximum Gasteiger partial charge on any atom is 0 e. The Labute approximate surface area is 120 Å². The van der Waals surface area contributed by atoms with E-state index in [1.54, 1.807) is 0 Å². The van der Waals surface area contributed by atoms with Gasteiger partial charge in [-0.3, -0.25) is 0 Å². The molecule has 81 valence electrons. The summed E-state index contributed by atoms with van der Waals surface area (Å²) >= 11 is 0. The minimum absolute atomic E-state index is 0. The number of rotatable bonds is 1. The van der Waals surface area contributed by atoms with Crippen LogP contribution in [0.25, 0.3) is 6.08 Å². The zero-order chi connectivity index (χ0) is 11.0. The quantitative estimate of drug-likeness (QED) is 0.668. The molecule has 0 atom stereocenters. The molecule has 0 heterocycles. The summed E-state index contributed by atoms with van der Waals surface area (Å²) in [7, 11) is 0. The molecule has 0 saturated carbocycles. The van der Waals surface area contributed by atoms with Gasteiger partial charge in [-0.1, -0.05) is 34.6 Å². The Balaban J connectivity index is 0. The molecule has 0 N–H and O–H groups in total. The first kappa shape index (κ1) is 17.5. The minimum Gasteiger partial charge on any atom is -0.321 e. The second-order valence-corrected chi connectivity index (χ2v) is 3.86. The van der Waals surface area contributed by atoms with Gasteiger partial charge in [0.15, 0.2) is 0 Å². The summed E-state index contributed by atoms with van der Waals surface area (Å²) in [5.41, 5.74) is 1.22. The predicted molar refractivity (Wildman–Crippen MR) is 63.8 cm³/mol. The summed E-state index contributed by atoms with van der Waals surface area (Å²) in [6.45, 7) is 10.4. The van der Waals surface area contributed by atoms with E-state index >= 15 is 0 Å². The second kappa shape index (κ2) is 9.30. The third-order valence-electron chi connectivity index (χ3n) is 1.39. The molecule has 15 heavy (non-hydrogen) atoms. The molecule has 0 aliphatic rings. The third kappa shape index (κ3) is 10.3. The van der Waals surface area contributed by atoms with Crippen LogP contribution in [0, 0.1) is 17.6 Å². The van der Waals surface area contributed by atoms with Gasteiger partial charge in [0.25, 0.3) is 0 Å². The summed E-state index contributed by atoms with van der Waals surface area (Å²) in [5, 5.41) is 0. The van der Waals surface area contributed by atoms with Gasteiger partial charge in [0.05, 0.1) is 0 Å². The summed E-state index contributed by atoms with van der Waals surface area (Å²) in [5.74, 6) is 0. The summed E-state index contributed by atoms with van der Waals surface area (Å²) in [6, 6.07) is 11.0. The van der Waals surface area contributed by atoms with E-state index in [1.807, 2.05) is 44.2 Å². The third-order valence-corrected chi connectivity index (χ3v) is 1.39. The molecular formula is C14H20Y-2. The maximum absolute atomic E-state index is 3.28. The van der Waals surface area contributed by atoms with Crippen molar-refractivity contribution in [2.24, 2.45) is 5.41 Å². The fourth-order valence-corrected chi connectivity index (χ4v) is 0.791. The molecule has 1 aromatic carbocycles. The molecule has 0 amide bonds. The normalized spacial score (nSPS) is 10.2. The van der Waals surface area contributed by atoms with E-state index in [0.717, 1.165) is 5.56 Å². The van der Waals surface area contributed by atoms with Crippen molar-refractivity contribution < 1.29 is 32.7 Å². The Kier molecular flexibility index (Phi) is 10.8. The molecule has 1 rings (SSSR count). The first-order valence-corrected chi connectivity index (χ1v) is 5.15. The second-order valence-electron chi connectivity index (χ2n) is 3.86. The SMILES string of the molecule is CC.CC(C)(C)[C-]=Cc1[c-]cccc1.[Y]. The Morgan fingerprint density at radius 3 is 2.20 bits per heavy atom. The van der Waals surface area contributed by atoms with Crippen molar-refractivity contribution in [3.8, 4) is 0 Å². The molecular weight excluding hydrogens is 257 g/mol. The molecule has 0 fully saturated rings. The van der Waals surface area contributed by atoms with E-state index in [0.29, 0.717) is 0 Å². The van der Waals surface area contributed by atoms with Crippen LogP contribution in [0.15, 0.2) is 24.3 Å². The van der Waals surface area contributed by atoms with Gasteiger partial charge in [0, 0.05) is 32.7 Å². The van der Waals surface area contributed by atoms with Gasteiger partial charge in [0.1, 0.15) is 0 Å². The van der Waals surface area contributed by atoms with E-state index < -0.39 is 0 Å². The van der Waals surface area contributed by atoms with Crippen LogP contribution in [-0.4, -0.2) is 0 Å². The zero-order valence-corrected chi connectivity index (χ0v) is 13.3. The van der Waals surface area contributed by atoms with Gasteiger partial charge < -0.3 is 17.7 Å². The van der Waals surface area contributed by atoms with Crippen LogP contribution < -0.4 is 0 Å². The fraction of sp³-hybridized carbons (Fsp3) is 0.429. The van der Waals surface area contributed by atoms with Crippen LogP contribution in [0.4, 0.5) is 0 Å². The molecule has 0 bridgehead atoms. The van der Waals surface area contributed by atoms with Crippen LogP contribution in [0.5, 0.6) is 0 Å². The molecule has 0 unspecified atom stereocenters. The molecule has 0 nitrogen and oxygen atoms in total. The average molecular weight is 277 g/mol. The van der Waals surface area contributed by atoms with Gasteiger partial charge in [-0.25, -0.2) is 12.1 Å². The fourth-order valence-electron chi connectivity index (χ4n) is 0.791. The largest absolute Gasteiger partial charge is 0.321 e. The molecule has 1 radical (unpaired) electrons. The van der Waals surface area contributed by atoms with Crippen molar-refractivity contribution in [3.05, 3.63) is 42.0 Å². The summed E-state index contributed by atoms with van der Waals surface area (Å²) in [4.78, 5) is 0. The number of hydrogen-bond acceptors (Lipinski definition) is 0. The Morgan fingerprint density at radius 2 is 1.80 bits per heavy atom. The van der Waals surface area contributed by atoms with Gasteiger partial charge >= 0.3 is 0 Å². The van der Waals surface area contributed by atoms with Crippen LogP contribution >= 0.6 is 0 Å². The molecule has 1 heteroatoms. The van der Waals surface area contributed by atoms with Crippen molar-refractivity contribution >= 4 is 6.08 Å². The zero-order valence-electron chi connectivity index (χ0n) is 10.5. The first-order chi connectivity index (χ1) is 6.58. The Hall–Kier alpha value is 0.0639. The smallest absolute Gasteiger partial charge is 0 e. The van der Waals surface area contributed by atoms with Crippen molar-refractivity contribution in [2.45, 2.75) is 34.6 Å². The molecule has 0 aliphatic carbocycles. The number of allylic oxidation sites excluding steroid dienone is 1. The monoisotopic (exact) mass is 277 g/mol. The Morgan fingerprint density at radius 1 is 1.20 bits per heavy atom. The van der Waals surface area contributed by atoms with Crippen molar-refractivity contribution in [2.75, 3.05) is 0 Å². The van der Waals surface area contributed by atoms with Crippen LogP contribution in [0.2, 0.25) is 0 Å². The average Bonchev–Trinajstić information content (AvgIpc) is 2.19. The molecule has 0 aliphatic heterocycles. The molecule has 1 aromatic rings. The first-order valence-electron chi connectivity index (χ1n) is 5.15. The van der Waals surface area contributed by atoms with Crippen LogP contribution in [0.3, 0.4) is 0 Å². The van der Waals surface area contributed by atoms with E-state index in [2.05, 4.69) is 32.9 Å². The molecule has 0 saturated heterocycles. The van der Waals surface area contributed by atoms with Crippen LogP contribution in [-0.2, 0) is 32.7 Å². The minimum atomic E-state index is 0. The van der Waals surface area contributed by atoms with E-state index in [4.69, 9.17) is 0 Å². The molecule has 0 aromatic heterocycles. The van der Waals surface area contributed by atoms with Gasteiger partial charge in [-0.2, -0.15) is 12.1 Å². The van der Waals surface area contributed by atoms with Gasteiger partial charge in [-0.15, -0.1) is 11.5 Å². The topological polar surface area (TPSA) is 0 Å². The van der Waals surface area contributed by atoms with Gasteiger partial charge in [0.2, 0.25) is 0 Å². The van der Waals surface area contributed by atoms with Crippen molar-refractivity contribution in [1.29, 1.82) is 0 Å². The Bertz CT molecular complexity index is 254. The van der Waals surface area contributed by atoms with E-state index in [1.165, 1.54) is 0 Å². The summed E-state index contributed by atoms with van der Waals surface area (Å²) in [6.07, 6.45) is 5.27. The summed E-state index contributed by atoms with van der Waals surface area (Å²) < 4.78 is 0. The number of benzene rings is 1. The van der Waals surface area contributed by atoms with Crippen molar-refractivity contribution in [3.63, 3.8) is 0 Å². The van der Waals surface area contributed by atoms with E-state index in [-0.39, 0.29) is 38.1 Å². The standard InChI is InChI=1S/C12H14.C2H6.Y/c1-12(2,3)10-9-11-7-5-4-6-8-11;1-2;/h4-7,9H,1-3H3;1-2H3;/q-2;;. The van der Waals surface area contributed by atoms with Gasteiger partial charge in [-0.05, 0) is 0 Å². The predicted octanol–water partition coefficient (Wildman–Crippen LogP) is 4.37. The number of hydrogen-bond donors (Lipinski definition) is 0. The molecule has 0 spiro atoms. The maximum atomic E-state index is 3.28. The van der Waals surface area contributed by atoms with E-state index in [9.17, 15) is 0 Å².